The van der Waals surface area contributed by atoms with Gasteiger partial charge >= 0.3 is 0 Å². The van der Waals surface area contributed by atoms with Crippen LogP contribution in [0.4, 0.5) is 14.5 Å². The lowest BCUT2D eigenvalue weighted by Gasteiger charge is -2.38. The second-order valence-corrected chi connectivity index (χ2v) is 6.62. The third-order valence-corrected chi connectivity index (χ3v) is 5.12. The van der Waals surface area contributed by atoms with Crippen LogP contribution in [0.5, 0.6) is 0 Å². The van der Waals surface area contributed by atoms with E-state index < -0.39 is 11.6 Å². The molecular formula is C17H23F2N2O+. The van der Waals surface area contributed by atoms with Gasteiger partial charge in [-0.05, 0) is 37.3 Å². The van der Waals surface area contributed by atoms with Crippen molar-refractivity contribution in [2.75, 3.05) is 25.0 Å². The predicted octanol–water partition coefficient (Wildman–Crippen LogP) is 2.00. The standard InChI is InChI=1S/C17H22F2N2O/c18-14-6-3-7-15(19)17(14)20-16(22)11-21-9-8-12-4-1-2-5-13(12)10-21/h3,6-7,12-13H,1-2,4-5,8-11H2,(H,20,22)/p+1/t12-,13-/m1/s1. The molecule has 22 heavy (non-hydrogen) atoms. The first kappa shape index (κ1) is 15.4. The largest absolute Gasteiger partial charge is 0.327 e. The molecular weight excluding hydrogens is 286 g/mol. The number of hydrogen-bond acceptors (Lipinski definition) is 1. The highest BCUT2D eigenvalue weighted by molar-refractivity contribution is 5.91. The van der Waals surface area contributed by atoms with Crippen LogP contribution in [0.25, 0.3) is 0 Å². The van der Waals surface area contributed by atoms with Gasteiger partial charge in [0.15, 0.2) is 6.54 Å². The summed E-state index contributed by atoms with van der Waals surface area (Å²) in [6.45, 7) is 2.28. The van der Waals surface area contributed by atoms with Crippen LogP contribution in [0, 0.1) is 23.5 Å². The van der Waals surface area contributed by atoms with E-state index in [1.54, 1.807) is 0 Å². The maximum Gasteiger partial charge on any atom is 0.279 e. The summed E-state index contributed by atoms with van der Waals surface area (Å²) < 4.78 is 27.1. The van der Waals surface area contributed by atoms with Gasteiger partial charge in [-0.25, -0.2) is 8.78 Å². The number of quaternary nitrogens is 1. The minimum Gasteiger partial charge on any atom is -0.327 e. The van der Waals surface area contributed by atoms with Crippen molar-refractivity contribution in [1.29, 1.82) is 0 Å². The van der Waals surface area contributed by atoms with Crippen LogP contribution in [-0.4, -0.2) is 25.5 Å². The first-order valence-corrected chi connectivity index (χ1v) is 8.21. The van der Waals surface area contributed by atoms with Crippen LogP contribution in [0.3, 0.4) is 0 Å². The first-order valence-electron chi connectivity index (χ1n) is 8.21. The van der Waals surface area contributed by atoms with Crippen molar-refractivity contribution in [3.8, 4) is 0 Å². The van der Waals surface area contributed by atoms with Gasteiger partial charge in [0.2, 0.25) is 0 Å². The first-order chi connectivity index (χ1) is 10.6. The molecule has 2 fully saturated rings. The normalized spacial score (nSPS) is 28.0. The van der Waals surface area contributed by atoms with E-state index in [0.717, 1.165) is 37.1 Å². The quantitative estimate of drug-likeness (QED) is 0.880. The van der Waals surface area contributed by atoms with E-state index >= 15 is 0 Å². The summed E-state index contributed by atoms with van der Waals surface area (Å²) in [6, 6.07) is 3.59. The number of carbonyl (C=O) groups is 1. The van der Waals surface area contributed by atoms with Crippen molar-refractivity contribution < 1.29 is 18.5 Å². The molecule has 0 bridgehead atoms. The maximum absolute atomic E-state index is 13.5. The number of anilines is 1. The van der Waals surface area contributed by atoms with Gasteiger partial charge in [0.25, 0.3) is 5.91 Å². The number of halogens is 2. The molecule has 1 aliphatic carbocycles. The third-order valence-electron chi connectivity index (χ3n) is 5.12. The van der Waals surface area contributed by atoms with Gasteiger partial charge in [-0.15, -0.1) is 0 Å². The van der Waals surface area contributed by atoms with Crippen LogP contribution >= 0.6 is 0 Å². The number of nitrogens with one attached hydrogen (secondary N) is 2. The lowest BCUT2D eigenvalue weighted by Crippen LogP contribution is -3.15. The van der Waals surface area contributed by atoms with Crippen molar-refractivity contribution in [2.45, 2.75) is 32.1 Å². The van der Waals surface area contributed by atoms with Gasteiger partial charge in [0.1, 0.15) is 17.3 Å². The van der Waals surface area contributed by atoms with Gasteiger partial charge in [-0.1, -0.05) is 18.9 Å². The minimum atomic E-state index is -0.727. The zero-order valence-corrected chi connectivity index (χ0v) is 12.7. The zero-order valence-electron chi connectivity index (χ0n) is 12.7. The molecule has 3 atom stereocenters. The van der Waals surface area contributed by atoms with Crippen LogP contribution in [0.1, 0.15) is 32.1 Å². The summed E-state index contributed by atoms with van der Waals surface area (Å²) in [5, 5.41) is 2.39. The van der Waals surface area contributed by atoms with Crippen molar-refractivity contribution in [1.82, 2.24) is 0 Å². The van der Waals surface area contributed by atoms with E-state index in [4.69, 9.17) is 0 Å². The van der Waals surface area contributed by atoms with Gasteiger partial charge in [-0.2, -0.15) is 0 Å². The minimum absolute atomic E-state index is 0.289. The molecule has 1 unspecified atom stereocenters. The molecule has 0 radical (unpaired) electrons. The van der Waals surface area contributed by atoms with Crippen molar-refractivity contribution in [2.24, 2.45) is 11.8 Å². The molecule has 1 amide bonds. The number of rotatable bonds is 3. The molecule has 1 aromatic carbocycles. The molecule has 1 heterocycles. The van der Waals surface area contributed by atoms with Gasteiger partial charge in [0, 0.05) is 5.92 Å². The summed E-state index contributed by atoms with van der Waals surface area (Å²) in [6.07, 6.45) is 6.38. The molecule has 0 aromatic heterocycles. The average Bonchev–Trinajstić information content (AvgIpc) is 2.51. The van der Waals surface area contributed by atoms with Crippen molar-refractivity contribution >= 4 is 11.6 Å². The summed E-state index contributed by atoms with van der Waals surface area (Å²) in [5.74, 6) is -0.225. The predicted molar refractivity (Wildman–Crippen MR) is 80.6 cm³/mol. The highest BCUT2D eigenvalue weighted by atomic mass is 19.1. The molecule has 1 aliphatic heterocycles. The smallest absolute Gasteiger partial charge is 0.279 e. The van der Waals surface area contributed by atoms with Gasteiger partial charge in [-0.3, -0.25) is 4.79 Å². The Labute approximate surface area is 129 Å². The molecule has 120 valence electrons. The molecule has 5 heteroatoms. The van der Waals surface area contributed by atoms with Crippen molar-refractivity contribution in [3.63, 3.8) is 0 Å². The highest BCUT2D eigenvalue weighted by Gasteiger charge is 2.34. The fourth-order valence-corrected chi connectivity index (χ4v) is 3.98. The fraction of sp³-hybridized carbons (Fsp3) is 0.588. The van der Waals surface area contributed by atoms with E-state index in [-0.39, 0.29) is 18.1 Å². The van der Waals surface area contributed by atoms with Crippen LogP contribution in [-0.2, 0) is 4.79 Å². The Morgan fingerprint density at radius 3 is 2.55 bits per heavy atom. The Morgan fingerprint density at radius 1 is 1.14 bits per heavy atom. The van der Waals surface area contributed by atoms with Gasteiger partial charge < -0.3 is 10.2 Å². The number of fused-ring (bicyclic) bond motifs is 1. The lowest BCUT2D eigenvalue weighted by molar-refractivity contribution is -0.902. The summed E-state index contributed by atoms with van der Waals surface area (Å²) in [4.78, 5) is 13.3. The Bertz CT molecular complexity index is 529. The van der Waals surface area contributed by atoms with Crippen LogP contribution in [0.15, 0.2) is 18.2 Å². The van der Waals surface area contributed by atoms with Crippen LogP contribution < -0.4 is 10.2 Å². The number of para-hydroxylation sites is 1. The molecule has 2 N–H and O–H groups in total. The summed E-state index contributed by atoms with van der Waals surface area (Å²) in [5.41, 5.74) is -0.334. The highest BCUT2D eigenvalue weighted by Crippen LogP contribution is 2.32. The topological polar surface area (TPSA) is 33.5 Å². The second-order valence-electron chi connectivity index (χ2n) is 6.62. The third kappa shape index (κ3) is 3.46. The molecule has 1 saturated carbocycles. The number of hydrogen-bond donors (Lipinski definition) is 2. The lowest BCUT2D eigenvalue weighted by atomic mass is 9.75. The van der Waals surface area contributed by atoms with E-state index in [1.807, 2.05) is 0 Å². The number of amides is 1. The number of carbonyl (C=O) groups excluding carboxylic acids is 1. The van der Waals surface area contributed by atoms with Gasteiger partial charge in [0.05, 0.1) is 13.1 Å². The molecule has 1 aromatic rings. The molecule has 2 aliphatic rings. The Hall–Kier alpha value is -1.49. The molecule has 3 rings (SSSR count). The maximum atomic E-state index is 13.5. The van der Waals surface area contributed by atoms with E-state index in [1.165, 1.54) is 43.1 Å². The number of benzene rings is 1. The fourth-order valence-electron chi connectivity index (χ4n) is 3.98. The number of likely N-dealkylation sites (tertiary alicyclic amines) is 1. The molecule has 1 saturated heterocycles. The second kappa shape index (κ2) is 6.73. The van der Waals surface area contributed by atoms with E-state index in [2.05, 4.69) is 5.32 Å². The summed E-state index contributed by atoms with van der Waals surface area (Å²) >= 11 is 0. The average molecular weight is 309 g/mol. The Morgan fingerprint density at radius 2 is 1.82 bits per heavy atom. The van der Waals surface area contributed by atoms with E-state index in [0.29, 0.717) is 0 Å². The van der Waals surface area contributed by atoms with Crippen LogP contribution in [0.2, 0.25) is 0 Å². The molecule has 3 nitrogen and oxygen atoms in total. The molecule has 0 spiro atoms. The monoisotopic (exact) mass is 309 g/mol. The van der Waals surface area contributed by atoms with E-state index in [9.17, 15) is 13.6 Å². The zero-order chi connectivity index (χ0) is 15.5. The SMILES string of the molecule is O=C(C[NH+]1CC[C@H]2CCCC[C@@H]2C1)Nc1c(F)cccc1F. The Kier molecular flexibility index (Phi) is 4.71. The van der Waals surface area contributed by atoms with Crippen molar-refractivity contribution in [3.05, 3.63) is 29.8 Å². The number of piperidine rings is 1. The Balaban J connectivity index is 1.56. The summed E-state index contributed by atoms with van der Waals surface area (Å²) in [7, 11) is 0.